The molecule has 1 aromatic carbocycles. The largest absolute Gasteiger partial charge is 0.369 e. The Labute approximate surface area is 112 Å². The number of hydrogen-bond acceptors (Lipinski definition) is 2. The monoisotopic (exact) mass is 248 g/mol. The van der Waals surface area contributed by atoms with E-state index in [-0.39, 0.29) is 11.6 Å². The minimum Gasteiger partial charge on any atom is -0.369 e. The van der Waals surface area contributed by atoms with E-state index in [4.69, 9.17) is 5.73 Å². The van der Waals surface area contributed by atoms with Crippen molar-refractivity contribution in [2.24, 2.45) is 5.73 Å². The van der Waals surface area contributed by atoms with Gasteiger partial charge in [0.15, 0.2) is 0 Å². The van der Waals surface area contributed by atoms with Gasteiger partial charge in [0.05, 0.1) is 0 Å². The molecule has 1 unspecified atom stereocenters. The molecule has 2 N–H and O–H groups in total. The van der Waals surface area contributed by atoms with Gasteiger partial charge in [-0.3, -0.25) is 0 Å². The first-order valence-corrected chi connectivity index (χ1v) is 6.99. The highest BCUT2D eigenvalue weighted by atomic mass is 15.2. The maximum atomic E-state index is 5.98. The maximum Gasteiger partial charge on any atom is 0.0368 e. The molecule has 1 atom stereocenters. The van der Waals surface area contributed by atoms with E-state index in [2.05, 4.69) is 63.9 Å². The summed E-state index contributed by atoms with van der Waals surface area (Å²) in [5.74, 6) is 0. The third-order valence-electron chi connectivity index (χ3n) is 4.12. The quantitative estimate of drug-likeness (QED) is 0.833. The molecule has 0 aliphatic heterocycles. The summed E-state index contributed by atoms with van der Waals surface area (Å²) in [5, 5.41) is 0. The van der Waals surface area contributed by atoms with Crippen LogP contribution in [-0.4, -0.2) is 18.6 Å². The predicted octanol–water partition coefficient (Wildman–Crippen LogP) is 3.59. The third kappa shape index (κ3) is 3.74. The zero-order chi connectivity index (χ0) is 13.8. The van der Waals surface area contributed by atoms with E-state index in [1.165, 1.54) is 11.3 Å². The molecule has 2 nitrogen and oxygen atoms in total. The Morgan fingerprint density at radius 1 is 1.17 bits per heavy atom. The molecule has 18 heavy (non-hydrogen) atoms. The normalized spacial score (nSPS) is 13.4. The van der Waals surface area contributed by atoms with Gasteiger partial charge < -0.3 is 10.6 Å². The fourth-order valence-electron chi connectivity index (χ4n) is 1.89. The second-order valence-corrected chi connectivity index (χ2v) is 5.76. The number of nitrogens with two attached hydrogens (primary N) is 1. The molecule has 0 bridgehead atoms. The summed E-state index contributed by atoms with van der Waals surface area (Å²) >= 11 is 0. The molecule has 0 saturated heterocycles. The summed E-state index contributed by atoms with van der Waals surface area (Å²) in [6.45, 7) is 8.91. The lowest BCUT2D eigenvalue weighted by Crippen LogP contribution is -2.40. The zero-order valence-electron chi connectivity index (χ0n) is 12.5. The molecule has 0 fully saturated rings. The van der Waals surface area contributed by atoms with Crippen molar-refractivity contribution in [2.45, 2.75) is 58.5 Å². The molecule has 0 aromatic heterocycles. The first kappa shape index (κ1) is 15.0. The summed E-state index contributed by atoms with van der Waals surface area (Å²) in [4.78, 5) is 2.34. The summed E-state index contributed by atoms with van der Waals surface area (Å²) in [5.41, 5.74) is 8.78. The van der Waals surface area contributed by atoms with Crippen molar-refractivity contribution in [1.82, 2.24) is 0 Å². The number of hydrogen-bond donors (Lipinski definition) is 1. The predicted molar refractivity (Wildman–Crippen MR) is 81.2 cm³/mol. The van der Waals surface area contributed by atoms with Gasteiger partial charge in [0.1, 0.15) is 0 Å². The second-order valence-electron chi connectivity index (χ2n) is 5.76. The molecule has 1 aromatic rings. The summed E-state index contributed by atoms with van der Waals surface area (Å²) < 4.78 is 0. The van der Waals surface area contributed by atoms with Gasteiger partial charge in [0.25, 0.3) is 0 Å². The van der Waals surface area contributed by atoms with Crippen LogP contribution in [-0.2, 0) is 6.42 Å². The van der Waals surface area contributed by atoms with Crippen LogP contribution in [0.3, 0.4) is 0 Å². The lowest BCUT2D eigenvalue weighted by Gasteiger charge is -2.37. The highest BCUT2D eigenvalue weighted by Gasteiger charge is 2.21. The van der Waals surface area contributed by atoms with Gasteiger partial charge >= 0.3 is 0 Å². The topological polar surface area (TPSA) is 29.3 Å². The van der Waals surface area contributed by atoms with E-state index in [0.717, 1.165) is 19.3 Å². The Hall–Kier alpha value is -1.02. The van der Waals surface area contributed by atoms with Gasteiger partial charge in [-0.25, -0.2) is 0 Å². The first-order chi connectivity index (χ1) is 8.40. The SMILES string of the molecule is CCC(N)Cc1ccc(N(C)C(C)(C)CC)cc1. The van der Waals surface area contributed by atoms with Gasteiger partial charge in [-0.2, -0.15) is 0 Å². The first-order valence-electron chi connectivity index (χ1n) is 6.99. The fourth-order valence-corrected chi connectivity index (χ4v) is 1.89. The van der Waals surface area contributed by atoms with Crippen molar-refractivity contribution in [3.05, 3.63) is 29.8 Å². The number of nitrogens with zero attached hydrogens (tertiary/aromatic N) is 1. The van der Waals surface area contributed by atoms with Crippen LogP contribution in [0.1, 0.15) is 46.1 Å². The van der Waals surface area contributed by atoms with Gasteiger partial charge in [-0.05, 0) is 50.8 Å². The minimum absolute atomic E-state index is 0.196. The van der Waals surface area contributed by atoms with E-state index in [9.17, 15) is 0 Å². The molecule has 102 valence electrons. The van der Waals surface area contributed by atoms with Crippen LogP contribution < -0.4 is 10.6 Å². The number of anilines is 1. The standard InChI is InChI=1S/C16H28N2/c1-6-14(17)12-13-8-10-15(11-9-13)18(5)16(3,4)7-2/h8-11,14H,6-7,12,17H2,1-5H3. The van der Waals surface area contributed by atoms with Gasteiger partial charge in [-0.1, -0.05) is 26.0 Å². The smallest absolute Gasteiger partial charge is 0.0368 e. The maximum absolute atomic E-state index is 5.98. The van der Waals surface area contributed by atoms with Gasteiger partial charge in [0, 0.05) is 24.3 Å². The molecule has 0 spiro atoms. The molecule has 0 aliphatic carbocycles. The summed E-state index contributed by atoms with van der Waals surface area (Å²) in [7, 11) is 2.16. The van der Waals surface area contributed by atoms with Crippen LogP contribution in [0.25, 0.3) is 0 Å². The van der Waals surface area contributed by atoms with Crippen LogP contribution in [0.4, 0.5) is 5.69 Å². The third-order valence-corrected chi connectivity index (χ3v) is 4.12. The minimum atomic E-state index is 0.196. The molecule has 2 heteroatoms. The lowest BCUT2D eigenvalue weighted by atomic mass is 9.98. The highest BCUT2D eigenvalue weighted by molar-refractivity contribution is 5.49. The molecule has 0 aliphatic rings. The molecule has 0 saturated carbocycles. The Kier molecular flexibility index (Phi) is 5.21. The lowest BCUT2D eigenvalue weighted by molar-refractivity contribution is 0.471. The molecular weight excluding hydrogens is 220 g/mol. The molecule has 0 amide bonds. The Bertz CT molecular complexity index is 354. The van der Waals surface area contributed by atoms with E-state index >= 15 is 0 Å². The van der Waals surface area contributed by atoms with Crippen LogP contribution >= 0.6 is 0 Å². The van der Waals surface area contributed by atoms with E-state index in [1.54, 1.807) is 0 Å². The number of benzene rings is 1. The van der Waals surface area contributed by atoms with E-state index in [0.29, 0.717) is 0 Å². The van der Waals surface area contributed by atoms with Gasteiger partial charge in [0.2, 0.25) is 0 Å². The van der Waals surface area contributed by atoms with Crippen molar-refractivity contribution in [3.63, 3.8) is 0 Å². The fraction of sp³-hybridized carbons (Fsp3) is 0.625. The second kappa shape index (κ2) is 6.24. The van der Waals surface area contributed by atoms with Crippen LogP contribution in [0.5, 0.6) is 0 Å². The van der Waals surface area contributed by atoms with Crippen LogP contribution in [0, 0.1) is 0 Å². The average molecular weight is 248 g/mol. The van der Waals surface area contributed by atoms with E-state index < -0.39 is 0 Å². The van der Waals surface area contributed by atoms with Crippen molar-refractivity contribution in [3.8, 4) is 0 Å². The molecule has 0 heterocycles. The van der Waals surface area contributed by atoms with Crippen LogP contribution in [0.2, 0.25) is 0 Å². The Morgan fingerprint density at radius 3 is 2.17 bits per heavy atom. The van der Waals surface area contributed by atoms with Crippen LogP contribution in [0.15, 0.2) is 24.3 Å². The Morgan fingerprint density at radius 2 is 1.72 bits per heavy atom. The summed E-state index contributed by atoms with van der Waals surface area (Å²) in [6, 6.07) is 9.09. The van der Waals surface area contributed by atoms with Gasteiger partial charge in [-0.15, -0.1) is 0 Å². The molecule has 1 rings (SSSR count). The Balaban J connectivity index is 2.76. The van der Waals surface area contributed by atoms with Crippen molar-refractivity contribution < 1.29 is 0 Å². The molecular formula is C16H28N2. The zero-order valence-corrected chi connectivity index (χ0v) is 12.5. The number of rotatable bonds is 6. The van der Waals surface area contributed by atoms with Crippen molar-refractivity contribution >= 4 is 5.69 Å². The summed E-state index contributed by atoms with van der Waals surface area (Å²) in [6.07, 6.45) is 3.13. The molecule has 0 radical (unpaired) electrons. The highest BCUT2D eigenvalue weighted by Crippen LogP contribution is 2.25. The van der Waals surface area contributed by atoms with E-state index in [1.807, 2.05) is 0 Å². The average Bonchev–Trinajstić information content (AvgIpc) is 2.38. The van der Waals surface area contributed by atoms with Crippen molar-refractivity contribution in [1.29, 1.82) is 0 Å². The van der Waals surface area contributed by atoms with Crippen molar-refractivity contribution in [2.75, 3.05) is 11.9 Å².